The zero-order valence-electron chi connectivity index (χ0n) is 10.6. The van der Waals surface area contributed by atoms with E-state index >= 15 is 0 Å². The molecular weight excluding hydrogens is 201 g/mol. The summed E-state index contributed by atoms with van der Waals surface area (Å²) in [5.74, 6) is 0.760. The van der Waals surface area contributed by atoms with Crippen LogP contribution in [0.5, 0.6) is 0 Å². The van der Waals surface area contributed by atoms with Gasteiger partial charge in [-0.3, -0.25) is 0 Å². The van der Waals surface area contributed by atoms with Crippen molar-refractivity contribution in [3.05, 3.63) is 35.1 Å². The molecule has 1 rings (SSSR count). The van der Waals surface area contributed by atoms with Crippen LogP contribution in [0.15, 0.2) is 18.2 Å². The zero-order valence-corrected chi connectivity index (χ0v) is 10.6. The minimum atomic E-state index is -0.159. The molecule has 0 amide bonds. The van der Waals surface area contributed by atoms with Crippen LogP contribution in [0, 0.1) is 24.6 Å². The second-order valence-electron chi connectivity index (χ2n) is 5.04. The summed E-state index contributed by atoms with van der Waals surface area (Å²) in [5.41, 5.74) is 8.21. The van der Waals surface area contributed by atoms with Crippen LogP contribution >= 0.6 is 0 Å². The van der Waals surface area contributed by atoms with Crippen molar-refractivity contribution in [2.75, 3.05) is 0 Å². The minimum absolute atomic E-state index is 0.141. The van der Waals surface area contributed by atoms with Crippen LogP contribution in [0.25, 0.3) is 0 Å². The third-order valence-corrected chi connectivity index (χ3v) is 3.30. The molecule has 0 saturated heterocycles. The van der Waals surface area contributed by atoms with Gasteiger partial charge in [0, 0.05) is 6.04 Å². The Labute approximate surface area is 97.9 Å². The van der Waals surface area contributed by atoms with Crippen LogP contribution in [-0.4, -0.2) is 6.04 Å². The summed E-state index contributed by atoms with van der Waals surface area (Å²) in [7, 11) is 0. The van der Waals surface area contributed by atoms with Crippen molar-refractivity contribution >= 4 is 0 Å². The molecular formula is C14H22FN. The number of hydrogen-bond donors (Lipinski definition) is 1. The van der Waals surface area contributed by atoms with E-state index in [9.17, 15) is 4.39 Å². The molecule has 0 fully saturated rings. The van der Waals surface area contributed by atoms with E-state index in [1.807, 2.05) is 19.9 Å². The summed E-state index contributed by atoms with van der Waals surface area (Å²) in [6.07, 6.45) is 0.860. The Morgan fingerprint density at radius 1 is 1.25 bits per heavy atom. The van der Waals surface area contributed by atoms with Crippen LogP contribution in [-0.2, 0) is 6.42 Å². The van der Waals surface area contributed by atoms with Crippen LogP contribution < -0.4 is 5.73 Å². The van der Waals surface area contributed by atoms with Gasteiger partial charge in [-0.25, -0.2) is 4.39 Å². The molecule has 2 N–H and O–H groups in total. The molecule has 0 radical (unpaired) electrons. The molecule has 1 aromatic rings. The van der Waals surface area contributed by atoms with Crippen molar-refractivity contribution < 1.29 is 4.39 Å². The lowest BCUT2D eigenvalue weighted by Crippen LogP contribution is -2.32. The van der Waals surface area contributed by atoms with E-state index < -0.39 is 0 Å². The second kappa shape index (κ2) is 5.44. The van der Waals surface area contributed by atoms with Gasteiger partial charge in [-0.2, -0.15) is 0 Å². The average molecular weight is 223 g/mol. The Morgan fingerprint density at radius 2 is 1.88 bits per heavy atom. The monoisotopic (exact) mass is 223 g/mol. The first-order valence-electron chi connectivity index (χ1n) is 5.92. The highest BCUT2D eigenvalue weighted by Crippen LogP contribution is 2.22. The van der Waals surface area contributed by atoms with Crippen molar-refractivity contribution in [3.8, 4) is 0 Å². The normalized spacial score (nSPS) is 15.2. The first-order valence-corrected chi connectivity index (χ1v) is 5.92. The number of hydrogen-bond acceptors (Lipinski definition) is 1. The van der Waals surface area contributed by atoms with Gasteiger partial charge in [0.25, 0.3) is 0 Å². The molecule has 0 aliphatic rings. The lowest BCUT2D eigenvalue weighted by molar-refractivity contribution is 0.329. The molecule has 0 aliphatic heterocycles. The number of benzene rings is 1. The molecule has 0 heterocycles. The topological polar surface area (TPSA) is 26.0 Å². The molecule has 0 aromatic heterocycles. The highest BCUT2D eigenvalue weighted by molar-refractivity contribution is 5.27. The summed E-state index contributed by atoms with van der Waals surface area (Å²) in [6, 6.07) is 5.12. The fourth-order valence-corrected chi connectivity index (χ4v) is 2.14. The molecule has 1 nitrogen and oxygen atoms in total. The number of nitrogens with two attached hydrogens (primary N) is 1. The van der Waals surface area contributed by atoms with E-state index in [2.05, 4.69) is 13.8 Å². The molecule has 0 spiro atoms. The summed E-state index contributed by atoms with van der Waals surface area (Å²) >= 11 is 0. The third kappa shape index (κ3) is 3.31. The smallest absolute Gasteiger partial charge is 0.123 e. The molecule has 90 valence electrons. The third-order valence-electron chi connectivity index (χ3n) is 3.30. The predicted octanol–water partition coefficient (Wildman–Crippen LogP) is 3.30. The predicted molar refractivity (Wildman–Crippen MR) is 66.8 cm³/mol. The van der Waals surface area contributed by atoms with Crippen LogP contribution in [0.3, 0.4) is 0 Å². The van der Waals surface area contributed by atoms with Gasteiger partial charge in [-0.05, 0) is 55.4 Å². The SMILES string of the molecule is Cc1ccc(F)cc1CC(C(C)C)C(C)N. The van der Waals surface area contributed by atoms with Gasteiger partial charge in [-0.15, -0.1) is 0 Å². The van der Waals surface area contributed by atoms with E-state index in [0.29, 0.717) is 11.8 Å². The molecule has 0 aliphatic carbocycles. The van der Waals surface area contributed by atoms with Crippen LogP contribution in [0.4, 0.5) is 4.39 Å². The number of halogens is 1. The maximum Gasteiger partial charge on any atom is 0.123 e. The molecule has 0 saturated carbocycles. The quantitative estimate of drug-likeness (QED) is 0.832. The maximum atomic E-state index is 13.2. The Kier molecular flexibility index (Phi) is 4.48. The van der Waals surface area contributed by atoms with E-state index in [1.54, 1.807) is 6.07 Å². The Morgan fingerprint density at radius 3 is 2.38 bits per heavy atom. The molecule has 2 unspecified atom stereocenters. The van der Waals surface area contributed by atoms with Crippen molar-refractivity contribution in [3.63, 3.8) is 0 Å². The Bertz CT molecular complexity index is 337. The van der Waals surface area contributed by atoms with E-state index in [1.165, 1.54) is 6.07 Å². The largest absolute Gasteiger partial charge is 0.328 e. The summed E-state index contributed by atoms with van der Waals surface area (Å²) in [5, 5.41) is 0. The summed E-state index contributed by atoms with van der Waals surface area (Å²) in [4.78, 5) is 0. The highest BCUT2D eigenvalue weighted by Gasteiger charge is 2.19. The minimum Gasteiger partial charge on any atom is -0.328 e. The van der Waals surface area contributed by atoms with Crippen molar-refractivity contribution in [2.24, 2.45) is 17.6 Å². The van der Waals surface area contributed by atoms with E-state index in [0.717, 1.165) is 17.5 Å². The van der Waals surface area contributed by atoms with Gasteiger partial charge in [0.05, 0.1) is 0 Å². The van der Waals surface area contributed by atoms with Gasteiger partial charge >= 0.3 is 0 Å². The average Bonchev–Trinajstić information content (AvgIpc) is 2.18. The maximum absolute atomic E-state index is 13.2. The van der Waals surface area contributed by atoms with E-state index in [-0.39, 0.29) is 11.9 Å². The Hall–Kier alpha value is -0.890. The second-order valence-corrected chi connectivity index (χ2v) is 5.04. The first kappa shape index (κ1) is 13.2. The van der Waals surface area contributed by atoms with Gasteiger partial charge < -0.3 is 5.73 Å². The van der Waals surface area contributed by atoms with Crippen LogP contribution in [0.1, 0.15) is 31.9 Å². The van der Waals surface area contributed by atoms with Gasteiger partial charge in [-0.1, -0.05) is 19.9 Å². The standard InChI is InChI=1S/C14H22FN/c1-9(2)14(11(4)16)8-12-7-13(15)6-5-10(12)3/h5-7,9,11,14H,8,16H2,1-4H3. The Balaban J connectivity index is 2.89. The zero-order chi connectivity index (χ0) is 12.3. The fraction of sp³-hybridized carbons (Fsp3) is 0.571. The van der Waals surface area contributed by atoms with Gasteiger partial charge in [0.15, 0.2) is 0 Å². The lowest BCUT2D eigenvalue weighted by atomic mass is 9.83. The van der Waals surface area contributed by atoms with Gasteiger partial charge in [0.2, 0.25) is 0 Å². The molecule has 16 heavy (non-hydrogen) atoms. The fourth-order valence-electron chi connectivity index (χ4n) is 2.14. The van der Waals surface area contributed by atoms with Crippen molar-refractivity contribution in [1.82, 2.24) is 0 Å². The molecule has 0 bridgehead atoms. The number of rotatable bonds is 4. The van der Waals surface area contributed by atoms with Crippen molar-refractivity contribution in [2.45, 2.75) is 40.2 Å². The van der Waals surface area contributed by atoms with Crippen molar-refractivity contribution in [1.29, 1.82) is 0 Å². The first-order chi connectivity index (χ1) is 7.41. The number of aryl methyl sites for hydroxylation is 1. The van der Waals surface area contributed by atoms with Gasteiger partial charge in [0.1, 0.15) is 5.82 Å². The molecule has 1 aromatic carbocycles. The summed E-state index contributed by atoms with van der Waals surface area (Å²) in [6.45, 7) is 8.39. The molecule has 2 atom stereocenters. The highest BCUT2D eigenvalue weighted by atomic mass is 19.1. The summed E-state index contributed by atoms with van der Waals surface area (Å²) < 4.78 is 13.2. The van der Waals surface area contributed by atoms with Crippen LogP contribution in [0.2, 0.25) is 0 Å². The van der Waals surface area contributed by atoms with E-state index in [4.69, 9.17) is 5.73 Å². The molecule has 2 heteroatoms. The lowest BCUT2D eigenvalue weighted by Gasteiger charge is -2.25.